The summed E-state index contributed by atoms with van der Waals surface area (Å²) in [6.45, 7) is 2.09. The molecule has 2 aromatic carbocycles. The van der Waals surface area contributed by atoms with Crippen molar-refractivity contribution in [2.24, 2.45) is 0 Å². The molecule has 4 nitrogen and oxygen atoms in total. The van der Waals surface area contributed by atoms with E-state index in [0.717, 1.165) is 33.8 Å². The Hall–Kier alpha value is -3.14. The molecule has 4 aromatic rings. The molecular formula is C19H16N4. The van der Waals surface area contributed by atoms with Crippen LogP contribution in [-0.4, -0.2) is 15.0 Å². The number of para-hydroxylation sites is 1. The number of fused-ring (bicyclic) bond motifs is 1. The average molecular weight is 300 g/mol. The molecule has 0 unspecified atom stereocenters. The van der Waals surface area contributed by atoms with Crippen LogP contribution in [0.25, 0.3) is 22.3 Å². The number of hydrogen-bond donors (Lipinski definition) is 2. The molecule has 0 saturated carbocycles. The van der Waals surface area contributed by atoms with E-state index in [1.807, 2.05) is 30.3 Å². The van der Waals surface area contributed by atoms with Gasteiger partial charge < -0.3 is 10.3 Å². The van der Waals surface area contributed by atoms with Crippen molar-refractivity contribution in [2.45, 2.75) is 6.92 Å². The topological polar surface area (TPSA) is 53.6 Å². The largest absolute Gasteiger partial charge is 0.340 e. The minimum atomic E-state index is 0.802. The lowest BCUT2D eigenvalue weighted by molar-refractivity contribution is 1.20. The molecule has 2 aromatic heterocycles. The van der Waals surface area contributed by atoms with Crippen LogP contribution in [0.5, 0.6) is 0 Å². The molecule has 4 rings (SSSR count). The molecular weight excluding hydrogens is 284 g/mol. The third-order valence-electron chi connectivity index (χ3n) is 3.79. The molecule has 23 heavy (non-hydrogen) atoms. The van der Waals surface area contributed by atoms with E-state index in [-0.39, 0.29) is 0 Å². The summed E-state index contributed by atoms with van der Waals surface area (Å²) in [6, 6.07) is 20.5. The Morgan fingerprint density at radius 1 is 0.913 bits per heavy atom. The Bertz CT molecular complexity index is 957. The standard InChI is InChI=1S/C19H16N4/c1-13-6-5-7-14(10-13)17-11-16-18(20-12-21-19(16)23-17)22-15-8-3-2-4-9-15/h2-12H,1H3,(H2,20,21,22,23). The van der Waals surface area contributed by atoms with Gasteiger partial charge in [-0.15, -0.1) is 0 Å². The molecule has 112 valence electrons. The van der Waals surface area contributed by atoms with Gasteiger partial charge in [0.1, 0.15) is 17.8 Å². The van der Waals surface area contributed by atoms with Crippen LogP contribution in [0.15, 0.2) is 67.0 Å². The predicted octanol–water partition coefficient (Wildman–Crippen LogP) is 4.68. The van der Waals surface area contributed by atoms with Crippen LogP contribution in [0.3, 0.4) is 0 Å². The molecule has 0 fully saturated rings. The molecule has 2 heterocycles. The lowest BCUT2D eigenvalue weighted by atomic mass is 10.1. The summed E-state index contributed by atoms with van der Waals surface area (Å²) < 4.78 is 0. The minimum absolute atomic E-state index is 0.802. The van der Waals surface area contributed by atoms with Crippen molar-refractivity contribution in [2.75, 3.05) is 5.32 Å². The fourth-order valence-electron chi connectivity index (χ4n) is 2.67. The monoisotopic (exact) mass is 300 g/mol. The molecule has 4 heteroatoms. The van der Waals surface area contributed by atoms with Crippen LogP contribution >= 0.6 is 0 Å². The van der Waals surface area contributed by atoms with Crippen molar-refractivity contribution in [1.29, 1.82) is 0 Å². The second-order valence-corrected chi connectivity index (χ2v) is 5.53. The average Bonchev–Trinajstić information content (AvgIpc) is 3.01. The number of hydrogen-bond acceptors (Lipinski definition) is 3. The van der Waals surface area contributed by atoms with Gasteiger partial charge in [0, 0.05) is 11.4 Å². The van der Waals surface area contributed by atoms with Gasteiger partial charge in [0.2, 0.25) is 0 Å². The number of aryl methyl sites for hydroxylation is 1. The number of H-pyrrole nitrogens is 1. The van der Waals surface area contributed by atoms with Crippen LogP contribution in [0.1, 0.15) is 5.56 Å². The third-order valence-corrected chi connectivity index (χ3v) is 3.79. The lowest BCUT2D eigenvalue weighted by Gasteiger charge is -2.05. The van der Waals surface area contributed by atoms with E-state index in [4.69, 9.17) is 0 Å². The number of anilines is 2. The van der Waals surface area contributed by atoms with Crippen molar-refractivity contribution in [3.8, 4) is 11.3 Å². The number of aromatic amines is 1. The first-order valence-corrected chi connectivity index (χ1v) is 7.52. The van der Waals surface area contributed by atoms with Crippen LogP contribution in [-0.2, 0) is 0 Å². The molecule has 0 radical (unpaired) electrons. The molecule has 0 spiro atoms. The van der Waals surface area contributed by atoms with E-state index in [1.165, 1.54) is 5.56 Å². The first-order chi connectivity index (χ1) is 11.3. The Balaban J connectivity index is 1.78. The molecule has 0 bridgehead atoms. The highest BCUT2D eigenvalue weighted by atomic mass is 15.0. The van der Waals surface area contributed by atoms with E-state index in [9.17, 15) is 0 Å². The van der Waals surface area contributed by atoms with Gasteiger partial charge in [0.25, 0.3) is 0 Å². The van der Waals surface area contributed by atoms with Gasteiger partial charge in [-0.2, -0.15) is 0 Å². The van der Waals surface area contributed by atoms with Crippen LogP contribution in [0, 0.1) is 6.92 Å². The van der Waals surface area contributed by atoms with Crippen molar-refractivity contribution in [1.82, 2.24) is 15.0 Å². The predicted molar refractivity (Wildman–Crippen MR) is 93.8 cm³/mol. The van der Waals surface area contributed by atoms with Crippen molar-refractivity contribution in [3.05, 3.63) is 72.6 Å². The van der Waals surface area contributed by atoms with E-state index >= 15 is 0 Å². The van der Waals surface area contributed by atoms with Gasteiger partial charge in [-0.1, -0.05) is 42.0 Å². The fraction of sp³-hybridized carbons (Fsp3) is 0.0526. The Kier molecular flexibility index (Phi) is 3.27. The van der Waals surface area contributed by atoms with Gasteiger partial charge in [-0.3, -0.25) is 0 Å². The number of rotatable bonds is 3. The van der Waals surface area contributed by atoms with Gasteiger partial charge in [0.05, 0.1) is 5.39 Å². The van der Waals surface area contributed by atoms with Crippen LogP contribution < -0.4 is 5.32 Å². The third kappa shape index (κ3) is 2.66. The van der Waals surface area contributed by atoms with E-state index in [0.29, 0.717) is 0 Å². The maximum Gasteiger partial charge on any atom is 0.143 e. The van der Waals surface area contributed by atoms with E-state index < -0.39 is 0 Å². The van der Waals surface area contributed by atoms with E-state index in [2.05, 4.69) is 57.5 Å². The van der Waals surface area contributed by atoms with Gasteiger partial charge in [-0.25, -0.2) is 9.97 Å². The molecule has 0 atom stereocenters. The molecule has 2 N–H and O–H groups in total. The highest BCUT2D eigenvalue weighted by Crippen LogP contribution is 2.28. The van der Waals surface area contributed by atoms with Gasteiger partial charge >= 0.3 is 0 Å². The Morgan fingerprint density at radius 3 is 2.61 bits per heavy atom. The summed E-state index contributed by atoms with van der Waals surface area (Å²) in [4.78, 5) is 12.1. The highest BCUT2D eigenvalue weighted by molar-refractivity contribution is 5.92. The first kappa shape index (κ1) is 13.5. The van der Waals surface area contributed by atoms with Crippen LogP contribution in [0.2, 0.25) is 0 Å². The number of nitrogens with one attached hydrogen (secondary N) is 2. The van der Waals surface area contributed by atoms with Gasteiger partial charge in [-0.05, 0) is 36.8 Å². The zero-order valence-corrected chi connectivity index (χ0v) is 12.7. The molecule has 0 saturated heterocycles. The summed E-state index contributed by atoms with van der Waals surface area (Å²) in [7, 11) is 0. The van der Waals surface area contributed by atoms with Gasteiger partial charge in [0.15, 0.2) is 0 Å². The Labute approximate surface area is 134 Å². The quantitative estimate of drug-likeness (QED) is 0.577. The normalized spacial score (nSPS) is 10.8. The zero-order valence-electron chi connectivity index (χ0n) is 12.7. The second kappa shape index (κ2) is 5.57. The summed E-state index contributed by atoms with van der Waals surface area (Å²) in [5.41, 5.74) is 5.25. The number of nitrogens with zero attached hydrogens (tertiary/aromatic N) is 2. The zero-order chi connectivity index (χ0) is 15.6. The summed E-state index contributed by atoms with van der Waals surface area (Å²) in [6.07, 6.45) is 1.57. The molecule has 0 amide bonds. The van der Waals surface area contributed by atoms with Crippen LogP contribution in [0.4, 0.5) is 11.5 Å². The molecule has 0 aliphatic heterocycles. The maximum atomic E-state index is 4.38. The summed E-state index contributed by atoms with van der Waals surface area (Å²) >= 11 is 0. The van der Waals surface area contributed by atoms with E-state index in [1.54, 1.807) is 6.33 Å². The summed E-state index contributed by atoms with van der Waals surface area (Å²) in [5, 5.41) is 4.33. The van der Waals surface area contributed by atoms with Crippen molar-refractivity contribution >= 4 is 22.5 Å². The highest BCUT2D eigenvalue weighted by Gasteiger charge is 2.09. The minimum Gasteiger partial charge on any atom is -0.340 e. The van der Waals surface area contributed by atoms with Crippen molar-refractivity contribution in [3.63, 3.8) is 0 Å². The number of aromatic nitrogens is 3. The molecule has 0 aliphatic carbocycles. The fourth-order valence-corrected chi connectivity index (χ4v) is 2.67. The lowest BCUT2D eigenvalue weighted by Crippen LogP contribution is -1.94. The second-order valence-electron chi connectivity index (χ2n) is 5.53. The smallest absolute Gasteiger partial charge is 0.143 e. The molecule has 0 aliphatic rings. The SMILES string of the molecule is Cc1cccc(-c2cc3c(Nc4ccccc4)ncnc3[nH]2)c1. The van der Waals surface area contributed by atoms with Crippen molar-refractivity contribution < 1.29 is 0 Å². The maximum absolute atomic E-state index is 4.38. The summed E-state index contributed by atoms with van der Waals surface area (Å²) in [5.74, 6) is 0.802. The first-order valence-electron chi connectivity index (χ1n) is 7.52. The Morgan fingerprint density at radius 2 is 1.78 bits per heavy atom. The number of benzene rings is 2.